The number of nitrogens with zero attached hydrogens (tertiary/aromatic N) is 3. The molecular weight excluding hydrogens is 376 g/mol. The van der Waals surface area contributed by atoms with Gasteiger partial charge in [-0.3, -0.25) is 9.69 Å². The van der Waals surface area contributed by atoms with Crippen molar-refractivity contribution in [3.05, 3.63) is 65.5 Å². The third kappa shape index (κ3) is 4.40. The van der Waals surface area contributed by atoms with Gasteiger partial charge in [0.05, 0.1) is 29.8 Å². The van der Waals surface area contributed by atoms with Crippen molar-refractivity contribution in [3.8, 4) is 0 Å². The Morgan fingerprint density at radius 3 is 2.83 bits per heavy atom. The molecule has 0 bridgehead atoms. The monoisotopic (exact) mass is 406 g/mol. The number of imidazole rings is 1. The van der Waals surface area contributed by atoms with Crippen LogP contribution in [0.25, 0.3) is 11.0 Å². The SMILES string of the molecule is CCC(NC(=O)c1ccc2c(c1)nc(C)n2C)C1CN(Cc2ccccc2)CCO1. The molecule has 30 heavy (non-hydrogen) atoms. The molecule has 6 heteroatoms. The van der Waals surface area contributed by atoms with Crippen molar-refractivity contribution in [2.24, 2.45) is 7.05 Å². The van der Waals surface area contributed by atoms with Crippen LogP contribution in [-0.4, -0.2) is 52.2 Å². The fourth-order valence-electron chi connectivity index (χ4n) is 4.13. The third-order valence-corrected chi connectivity index (χ3v) is 6.00. The van der Waals surface area contributed by atoms with E-state index in [9.17, 15) is 4.79 Å². The summed E-state index contributed by atoms with van der Waals surface area (Å²) >= 11 is 0. The molecule has 2 unspecified atom stereocenters. The van der Waals surface area contributed by atoms with Gasteiger partial charge in [0.1, 0.15) is 5.82 Å². The minimum absolute atomic E-state index is 0.0164. The molecule has 1 N–H and O–H groups in total. The maximum absolute atomic E-state index is 12.9. The normalized spacial score (nSPS) is 18.4. The second-order valence-electron chi connectivity index (χ2n) is 8.04. The highest BCUT2D eigenvalue weighted by molar-refractivity contribution is 5.97. The molecule has 0 aliphatic carbocycles. The minimum atomic E-state index is -0.0733. The zero-order valence-electron chi connectivity index (χ0n) is 18.0. The summed E-state index contributed by atoms with van der Waals surface area (Å²) in [4.78, 5) is 19.9. The lowest BCUT2D eigenvalue weighted by Crippen LogP contribution is -2.53. The van der Waals surface area contributed by atoms with Gasteiger partial charge < -0.3 is 14.6 Å². The molecule has 2 atom stereocenters. The van der Waals surface area contributed by atoms with E-state index in [1.165, 1.54) is 5.56 Å². The fourth-order valence-corrected chi connectivity index (χ4v) is 4.13. The van der Waals surface area contributed by atoms with Gasteiger partial charge in [-0.25, -0.2) is 4.98 Å². The highest BCUT2D eigenvalue weighted by atomic mass is 16.5. The summed E-state index contributed by atoms with van der Waals surface area (Å²) < 4.78 is 8.08. The molecule has 0 radical (unpaired) electrons. The van der Waals surface area contributed by atoms with E-state index in [0.29, 0.717) is 12.2 Å². The molecule has 1 aromatic heterocycles. The summed E-state index contributed by atoms with van der Waals surface area (Å²) in [6.07, 6.45) is 0.804. The van der Waals surface area contributed by atoms with Gasteiger partial charge in [-0.05, 0) is 37.1 Å². The third-order valence-electron chi connectivity index (χ3n) is 6.00. The number of fused-ring (bicyclic) bond motifs is 1. The molecule has 6 nitrogen and oxygen atoms in total. The number of benzene rings is 2. The number of rotatable bonds is 6. The fraction of sp³-hybridized carbons (Fsp3) is 0.417. The number of hydrogen-bond acceptors (Lipinski definition) is 4. The summed E-state index contributed by atoms with van der Waals surface area (Å²) in [7, 11) is 1.99. The number of ether oxygens (including phenoxy) is 1. The number of carbonyl (C=O) groups is 1. The largest absolute Gasteiger partial charge is 0.373 e. The Kier molecular flexibility index (Phi) is 6.16. The van der Waals surface area contributed by atoms with E-state index >= 15 is 0 Å². The second-order valence-corrected chi connectivity index (χ2v) is 8.04. The van der Waals surface area contributed by atoms with Crippen molar-refractivity contribution in [2.75, 3.05) is 19.7 Å². The summed E-state index contributed by atoms with van der Waals surface area (Å²) in [5, 5.41) is 3.20. The molecule has 0 saturated carbocycles. The van der Waals surface area contributed by atoms with Crippen LogP contribution in [0.15, 0.2) is 48.5 Å². The second kappa shape index (κ2) is 8.98. The average molecular weight is 407 g/mol. The lowest BCUT2D eigenvalue weighted by Gasteiger charge is -2.37. The summed E-state index contributed by atoms with van der Waals surface area (Å²) in [5.74, 6) is 0.860. The van der Waals surface area contributed by atoms with Gasteiger partial charge in [-0.15, -0.1) is 0 Å². The summed E-state index contributed by atoms with van der Waals surface area (Å²) in [5.41, 5.74) is 3.81. The zero-order chi connectivity index (χ0) is 21.1. The van der Waals surface area contributed by atoms with Crippen molar-refractivity contribution >= 4 is 16.9 Å². The molecule has 1 amide bonds. The lowest BCUT2D eigenvalue weighted by atomic mass is 10.0. The van der Waals surface area contributed by atoms with Crippen molar-refractivity contribution in [2.45, 2.75) is 39.0 Å². The van der Waals surface area contributed by atoms with Gasteiger partial charge >= 0.3 is 0 Å². The van der Waals surface area contributed by atoms with Crippen LogP contribution >= 0.6 is 0 Å². The topological polar surface area (TPSA) is 59.4 Å². The highest BCUT2D eigenvalue weighted by Crippen LogP contribution is 2.18. The standard InChI is InChI=1S/C24H30N4O2/c1-4-20(23-16-28(12-13-30-23)15-18-8-6-5-7-9-18)26-24(29)19-10-11-22-21(14-19)25-17(2)27(22)3/h5-11,14,20,23H,4,12-13,15-16H2,1-3H3,(H,26,29). The minimum Gasteiger partial charge on any atom is -0.373 e. The first kappa shape index (κ1) is 20.6. The van der Waals surface area contributed by atoms with E-state index in [-0.39, 0.29) is 18.1 Å². The molecule has 4 rings (SSSR count). The first-order chi connectivity index (χ1) is 14.5. The van der Waals surface area contributed by atoms with E-state index in [0.717, 1.165) is 42.9 Å². The molecule has 1 aliphatic rings. The van der Waals surface area contributed by atoms with Crippen molar-refractivity contribution in [3.63, 3.8) is 0 Å². The number of nitrogens with one attached hydrogen (secondary N) is 1. The molecule has 1 fully saturated rings. The molecule has 1 saturated heterocycles. The van der Waals surface area contributed by atoms with Gasteiger partial charge in [0, 0.05) is 32.2 Å². The smallest absolute Gasteiger partial charge is 0.251 e. The Bertz CT molecular complexity index is 1010. The van der Waals surface area contributed by atoms with Gasteiger partial charge in [0.25, 0.3) is 5.91 Å². The van der Waals surface area contributed by atoms with Crippen molar-refractivity contribution in [1.82, 2.24) is 19.8 Å². The predicted octanol–water partition coefficient (Wildman–Crippen LogP) is 3.29. The van der Waals surface area contributed by atoms with Crippen LogP contribution in [0.5, 0.6) is 0 Å². The van der Waals surface area contributed by atoms with Gasteiger partial charge in [0.2, 0.25) is 0 Å². The van der Waals surface area contributed by atoms with Crippen LogP contribution in [0.4, 0.5) is 0 Å². The Hall–Kier alpha value is -2.70. The maximum Gasteiger partial charge on any atom is 0.251 e. The van der Waals surface area contributed by atoms with Crippen LogP contribution in [0.3, 0.4) is 0 Å². The summed E-state index contributed by atoms with van der Waals surface area (Å²) in [6, 6.07) is 16.2. The van der Waals surface area contributed by atoms with E-state index in [1.807, 2.05) is 42.8 Å². The van der Waals surface area contributed by atoms with Crippen LogP contribution in [-0.2, 0) is 18.3 Å². The van der Waals surface area contributed by atoms with Crippen LogP contribution < -0.4 is 5.32 Å². The number of carbonyl (C=O) groups excluding carboxylic acids is 1. The maximum atomic E-state index is 12.9. The Morgan fingerprint density at radius 2 is 2.07 bits per heavy atom. The van der Waals surface area contributed by atoms with E-state index in [2.05, 4.69) is 46.4 Å². The van der Waals surface area contributed by atoms with Crippen LogP contribution in [0, 0.1) is 6.92 Å². The number of aryl methyl sites for hydroxylation is 2. The molecule has 0 spiro atoms. The Labute approximate surface area is 177 Å². The molecular formula is C24H30N4O2. The number of aromatic nitrogens is 2. The number of hydrogen-bond donors (Lipinski definition) is 1. The quantitative estimate of drug-likeness (QED) is 0.682. The lowest BCUT2D eigenvalue weighted by molar-refractivity contribution is -0.0483. The molecule has 1 aliphatic heterocycles. The summed E-state index contributed by atoms with van der Waals surface area (Å²) in [6.45, 7) is 7.37. The van der Waals surface area contributed by atoms with Gasteiger partial charge in [0.15, 0.2) is 0 Å². The van der Waals surface area contributed by atoms with Gasteiger partial charge in [-0.1, -0.05) is 37.3 Å². The molecule has 158 valence electrons. The molecule has 3 aromatic rings. The van der Waals surface area contributed by atoms with Crippen molar-refractivity contribution in [1.29, 1.82) is 0 Å². The number of morpholine rings is 1. The molecule has 2 heterocycles. The Balaban J connectivity index is 1.42. The van der Waals surface area contributed by atoms with E-state index in [4.69, 9.17) is 4.74 Å². The Morgan fingerprint density at radius 1 is 1.27 bits per heavy atom. The zero-order valence-corrected chi connectivity index (χ0v) is 18.0. The van der Waals surface area contributed by atoms with Crippen LogP contribution in [0.2, 0.25) is 0 Å². The van der Waals surface area contributed by atoms with Crippen LogP contribution in [0.1, 0.15) is 35.1 Å². The molecule has 2 aromatic carbocycles. The van der Waals surface area contributed by atoms with Gasteiger partial charge in [-0.2, -0.15) is 0 Å². The predicted molar refractivity (Wildman–Crippen MR) is 118 cm³/mol. The van der Waals surface area contributed by atoms with E-state index < -0.39 is 0 Å². The van der Waals surface area contributed by atoms with Crippen molar-refractivity contribution < 1.29 is 9.53 Å². The highest BCUT2D eigenvalue weighted by Gasteiger charge is 2.28. The number of amides is 1. The average Bonchev–Trinajstić information content (AvgIpc) is 3.05. The first-order valence-electron chi connectivity index (χ1n) is 10.7. The first-order valence-corrected chi connectivity index (χ1v) is 10.7. The van der Waals surface area contributed by atoms with E-state index in [1.54, 1.807) is 0 Å².